The first-order valence-electron chi connectivity index (χ1n) is 5.87. The van der Waals surface area contributed by atoms with Gasteiger partial charge in [-0.3, -0.25) is 0 Å². The molecule has 7 heteroatoms. The molecule has 0 radical (unpaired) electrons. The minimum atomic E-state index is -4.75. The maximum atomic E-state index is 12.2. The highest BCUT2D eigenvalue weighted by molar-refractivity contribution is 5.74. The lowest BCUT2D eigenvalue weighted by atomic mass is 10.1. The minimum absolute atomic E-state index is 0.113. The lowest BCUT2D eigenvalue weighted by Crippen LogP contribution is -2.17. The molecule has 0 saturated carbocycles. The van der Waals surface area contributed by atoms with Gasteiger partial charge in [-0.15, -0.1) is 13.2 Å². The number of nitriles is 1. The summed E-state index contributed by atoms with van der Waals surface area (Å²) >= 11 is 0. The van der Waals surface area contributed by atoms with Gasteiger partial charge in [0.2, 0.25) is 0 Å². The molecule has 0 amide bonds. The molecule has 0 unspecified atom stereocenters. The predicted octanol–water partition coefficient (Wildman–Crippen LogP) is 3.30. The Balaban J connectivity index is 2.34. The van der Waals surface area contributed by atoms with E-state index in [4.69, 9.17) is 11.0 Å². The molecule has 108 valence electrons. The van der Waals surface area contributed by atoms with Crippen molar-refractivity contribution >= 4 is 5.82 Å². The third-order valence-electron chi connectivity index (χ3n) is 2.62. The Morgan fingerprint density at radius 1 is 1.24 bits per heavy atom. The van der Waals surface area contributed by atoms with Gasteiger partial charge in [-0.05, 0) is 29.8 Å². The van der Waals surface area contributed by atoms with Crippen molar-refractivity contribution in [1.82, 2.24) is 4.98 Å². The van der Waals surface area contributed by atoms with Gasteiger partial charge in [0.15, 0.2) is 0 Å². The summed E-state index contributed by atoms with van der Waals surface area (Å²) in [5.41, 5.74) is 7.20. The smallest absolute Gasteiger partial charge is 0.406 e. The zero-order chi connectivity index (χ0) is 15.5. The fourth-order valence-electron chi connectivity index (χ4n) is 1.80. The van der Waals surface area contributed by atoms with E-state index in [1.807, 2.05) is 6.07 Å². The van der Waals surface area contributed by atoms with Gasteiger partial charge in [0.05, 0.1) is 18.2 Å². The number of nitrogens with two attached hydrogens (primary N) is 1. The number of anilines is 1. The second kappa shape index (κ2) is 5.71. The Labute approximate surface area is 118 Å². The lowest BCUT2D eigenvalue weighted by Gasteiger charge is -2.11. The maximum Gasteiger partial charge on any atom is 0.573 e. The number of aromatic nitrogens is 1. The molecule has 0 aliphatic rings. The average molecular weight is 293 g/mol. The molecule has 0 spiro atoms. The minimum Gasteiger partial charge on any atom is -0.406 e. The number of alkyl halides is 3. The van der Waals surface area contributed by atoms with Crippen LogP contribution >= 0.6 is 0 Å². The van der Waals surface area contributed by atoms with E-state index in [-0.39, 0.29) is 18.0 Å². The maximum absolute atomic E-state index is 12.2. The topological polar surface area (TPSA) is 71.9 Å². The van der Waals surface area contributed by atoms with Crippen LogP contribution in [0.25, 0.3) is 11.1 Å². The number of rotatable bonds is 3. The second-order valence-electron chi connectivity index (χ2n) is 4.15. The highest BCUT2D eigenvalue weighted by Gasteiger charge is 2.31. The number of pyridine rings is 1. The van der Waals surface area contributed by atoms with Crippen molar-refractivity contribution in [2.75, 3.05) is 5.73 Å². The molecule has 0 fully saturated rings. The van der Waals surface area contributed by atoms with Crippen LogP contribution in [0.4, 0.5) is 19.0 Å². The Morgan fingerprint density at radius 3 is 2.62 bits per heavy atom. The van der Waals surface area contributed by atoms with Gasteiger partial charge in [0, 0.05) is 5.56 Å². The molecule has 0 saturated heterocycles. The highest BCUT2D eigenvalue weighted by atomic mass is 19.4. The van der Waals surface area contributed by atoms with Gasteiger partial charge < -0.3 is 10.5 Å². The van der Waals surface area contributed by atoms with E-state index < -0.39 is 6.36 Å². The molecule has 21 heavy (non-hydrogen) atoms. The van der Waals surface area contributed by atoms with Crippen LogP contribution < -0.4 is 10.5 Å². The summed E-state index contributed by atoms with van der Waals surface area (Å²) < 4.78 is 40.5. The summed E-state index contributed by atoms with van der Waals surface area (Å²) in [6, 6.07) is 10.6. The van der Waals surface area contributed by atoms with Gasteiger partial charge in [0.1, 0.15) is 11.6 Å². The number of hydrogen-bond acceptors (Lipinski definition) is 4. The van der Waals surface area contributed by atoms with Crippen molar-refractivity contribution in [3.05, 3.63) is 42.1 Å². The van der Waals surface area contributed by atoms with E-state index in [2.05, 4.69) is 9.72 Å². The van der Waals surface area contributed by atoms with Crippen LogP contribution in [0, 0.1) is 11.3 Å². The first kappa shape index (κ1) is 14.7. The Bertz CT molecular complexity index is 693. The molecule has 2 rings (SSSR count). The number of hydrogen-bond donors (Lipinski definition) is 1. The van der Waals surface area contributed by atoms with Crippen LogP contribution in [0.2, 0.25) is 0 Å². The third kappa shape index (κ3) is 3.86. The first-order valence-corrected chi connectivity index (χ1v) is 5.87. The van der Waals surface area contributed by atoms with Crippen molar-refractivity contribution in [2.24, 2.45) is 0 Å². The second-order valence-corrected chi connectivity index (χ2v) is 4.15. The fourth-order valence-corrected chi connectivity index (χ4v) is 1.80. The van der Waals surface area contributed by atoms with Crippen LogP contribution in [0.5, 0.6) is 5.75 Å². The summed E-state index contributed by atoms with van der Waals surface area (Å²) in [4.78, 5) is 4.04. The Morgan fingerprint density at radius 2 is 2.00 bits per heavy atom. The first-order chi connectivity index (χ1) is 9.89. The van der Waals surface area contributed by atoms with Crippen LogP contribution in [-0.4, -0.2) is 11.3 Å². The van der Waals surface area contributed by atoms with E-state index in [1.54, 1.807) is 18.2 Å². The molecule has 1 aromatic heterocycles. The van der Waals surface area contributed by atoms with Gasteiger partial charge >= 0.3 is 6.36 Å². The molecule has 0 aliphatic heterocycles. The van der Waals surface area contributed by atoms with Gasteiger partial charge in [-0.2, -0.15) is 5.26 Å². The SMILES string of the molecule is N#CCc1ccc(-c2cccc(OC(F)(F)F)c2)c(N)n1. The van der Waals surface area contributed by atoms with Gasteiger partial charge in [-0.1, -0.05) is 12.1 Å². The standard InChI is InChI=1S/C14H10F3N3O/c15-14(16,17)21-11-3-1-2-9(8-11)12-5-4-10(6-7-18)20-13(12)19/h1-5,8H,6H2,(H2,19,20). The van der Waals surface area contributed by atoms with Crippen molar-refractivity contribution in [1.29, 1.82) is 5.26 Å². The number of ether oxygens (including phenoxy) is 1. The zero-order valence-electron chi connectivity index (χ0n) is 10.7. The third-order valence-corrected chi connectivity index (χ3v) is 2.62. The van der Waals surface area contributed by atoms with Crippen molar-refractivity contribution in [3.8, 4) is 22.9 Å². The molecule has 4 nitrogen and oxygen atoms in total. The Hall–Kier alpha value is -2.75. The van der Waals surface area contributed by atoms with Crippen molar-refractivity contribution in [3.63, 3.8) is 0 Å². The van der Waals surface area contributed by atoms with Crippen LogP contribution in [0.3, 0.4) is 0 Å². The van der Waals surface area contributed by atoms with Gasteiger partial charge in [-0.25, -0.2) is 4.98 Å². The summed E-state index contributed by atoms with van der Waals surface area (Å²) in [6.45, 7) is 0. The number of halogens is 3. The Kier molecular flexibility index (Phi) is 3.98. The molecule has 2 N–H and O–H groups in total. The van der Waals surface area contributed by atoms with E-state index in [0.29, 0.717) is 16.8 Å². The quantitative estimate of drug-likeness (QED) is 0.942. The predicted molar refractivity (Wildman–Crippen MR) is 70.1 cm³/mol. The van der Waals surface area contributed by atoms with Crippen LogP contribution in [-0.2, 0) is 6.42 Å². The van der Waals surface area contributed by atoms with E-state index in [1.165, 1.54) is 18.2 Å². The average Bonchev–Trinajstić information content (AvgIpc) is 2.37. The molecule has 1 aromatic carbocycles. The molecule has 0 aliphatic carbocycles. The summed E-state index contributed by atoms with van der Waals surface area (Å²) in [5.74, 6) is -0.188. The molecule has 0 atom stereocenters. The van der Waals surface area contributed by atoms with Crippen molar-refractivity contribution in [2.45, 2.75) is 12.8 Å². The summed E-state index contributed by atoms with van der Waals surface area (Å²) in [6.07, 6.45) is -4.64. The summed E-state index contributed by atoms with van der Waals surface area (Å²) in [7, 11) is 0. The molecule has 2 aromatic rings. The number of nitrogen functional groups attached to an aromatic ring is 1. The van der Waals surface area contributed by atoms with E-state index >= 15 is 0 Å². The lowest BCUT2D eigenvalue weighted by molar-refractivity contribution is -0.274. The monoisotopic (exact) mass is 293 g/mol. The number of benzene rings is 1. The summed E-state index contributed by atoms with van der Waals surface area (Å²) in [5, 5.41) is 8.59. The zero-order valence-corrected chi connectivity index (χ0v) is 10.7. The molecular formula is C14H10F3N3O. The number of nitrogens with zero attached hydrogens (tertiary/aromatic N) is 2. The van der Waals surface area contributed by atoms with Crippen molar-refractivity contribution < 1.29 is 17.9 Å². The van der Waals surface area contributed by atoms with Crippen LogP contribution in [0.1, 0.15) is 5.69 Å². The molecular weight excluding hydrogens is 283 g/mol. The molecule has 0 bridgehead atoms. The fraction of sp³-hybridized carbons (Fsp3) is 0.143. The van der Waals surface area contributed by atoms with E-state index in [9.17, 15) is 13.2 Å². The normalized spacial score (nSPS) is 11.0. The van der Waals surface area contributed by atoms with Crippen LogP contribution in [0.15, 0.2) is 36.4 Å². The molecule has 1 heterocycles. The van der Waals surface area contributed by atoms with Gasteiger partial charge in [0.25, 0.3) is 0 Å². The highest BCUT2D eigenvalue weighted by Crippen LogP contribution is 2.30. The largest absolute Gasteiger partial charge is 0.573 e. The van der Waals surface area contributed by atoms with E-state index in [0.717, 1.165) is 0 Å².